The molecule has 0 aliphatic heterocycles. The van der Waals surface area contributed by atoms with Crippen molar-refractivity contribution < 1.29 is 0 Å². The third kappa shape index (κ3) is 6.98. The fourth-order valence-electron chi connectivity index (χ4n) is 11.9. The van der Waals surface area contributed by atoms with Gasteiger partial charge in [0, 0.05) is 58.3 Å². The van der Waals surface area contributed by atoms with Crippen molar-refractivity contribution in [2.24, 2.45) is 0 Å². The molecule has 0 unspecified atom stereocenters. The molecule has 4 heteroatoms. The monoisotopic (exact) mass is 990 g/mol. The molecule has 352 valence electrons. The van der Waals surface area contributed by atoms with Gasteiger partial charge in [-0.2, -0.15) is 0 Å². The van der Waals surface area contributed by atoms with E-state index in [1.165, 1.54) is 134 Å². The minimum absolute atomic E-state index is 1.11. The van der Waals surface area contributed by atoms with Gasteiger partial charge in [0.05, 0.1) is 21.4 Å². The maximum absolute atomic E-state index is 4.12. The molecule has 15 rings (SSSR count). The van der Waals surface area contributed by atoms with Crippen LogP contribution in [0.15, 0.2) is 249 Å². The summed E-state index contributed by atoms with van der Waals surface area (Å²) >= 11 is 3.70. The summed E-state index contributed by atoms with van der Waals surface area (Å²) in [6.45, 7) is 6.30. The largest absolute Gasteiger partial charge is 0.309 e. The minimum Gasteiger partial charge on any atom is -0.309 e. The number of aryl methyl sites for hydroxylation is 1. The Kier molecular flexibility index (Phi) is 10.0. The van der Waals surface area contributed by atoms with Crippen molar-refractivity contribution in [1.29, 1.82) is 0 Å². The van der Waals surface area contributed by atoms with Crippen LogP contribution in [0.2, 0.25) is 0 Å². The van der Waals surface area contributed by atoms with Gasteiger partial charge in [-0.1, -0.05) is 170 Å². The van der Waals surface area contributed by atoms with E-state index in [-0.39, 0.29) is 0 Å². The summed E-state index contributed by atoms with van der Waals surface area (Å²) < 4.78 is 6.35. The van der Waals surface area contributed by atoms with E-state index in [0.29, 0.717) is 0 Å². The summed E-state index contributed by atoms with van der Waals surface area (Å²) in [7, 11) is 0. The zero-order valence-corrected chi connectivity index (χ0v) is 42.7. The molecule has 0 atom stereocenters. The van der Waals surface area contributed by atoms with Crippen LogP contribution in [0.4, 0.5) is 17.1 Å². The van der Waals surface area contributed by atoms with E-state index in [1.807, 2.05) is 28.7 Å². The predicted molar refractivity (Wildman–Crippen MR) is 327 cm³/mol. The molecule has 0 aliphatic rings. The number of hydrogen-bond donors (Lipinski definition) is 0. The lowest BCUT2D eigenvalue weighted by molar-refractivity contribution is 1.19. The Labute approximate surface area is 442 Å². The highest BCUT2D eigenvalue weighted by atomic mass is 32.1. The zero-order valence-electron chi connectivity index (χ0n) is 41.1. The normalized spacial score (nSPS) is 11.9. The Morgan fingerprint density at radius 2 is 0.840 bits per heavy atom. The van der Waals surface area contributed by atoms with E-state index in [4.69, 9.17) is 0 Å². The molecule has 0 aliphatic carbocycles. The molecule has 0 saturated heterocycles. The van der Waals surface area contributed by atoms with Crippen LogP contribution in [0.1, 0.15) is 10.4 Å². The lowest BCUT2D eigenvalue weighted by atomic mass is 9.94. The summed E-state index contributed by atoms with van der Waals surface area (Å²) in [4.78, 5) is 3.71. The summed E-state index contributed by atoms with van der Waals surface area (Å²) in [5.74, 6) is 0. The molecule has 12 aromatic carbocycles. The van der Waals surface area contributed by atoms with Crippen LogP contribution >= 0.6 is 22.7 Å². The summed E-state index contributed by atoms with van der Waals surface area (Å²) in [5.41, 5.74) is 15.3. The SMILES string of the molecule is C=Cc1c(C)sc2ccc(-c3ccc(-c4ccc5c(c4)c4cc(-c6ccc(N(c7ccccc7)c7cccc8c7sc7ccccc78)cc6)ccc4n5-c4ccc5c6ccccc6c6ccccc6c5c4)cc3)cc12. The Balaban J connectivity index is 0.873. The third-order valence-electron chi connectivity index (χ3n) is 15.5. The lowest BCUT2D eigenvalue weighted by Gasteiger charge is -2.26. The molecular formula is C71H46N2S2. The Hall–Kier alpha value is -9.06. The van der Waals surface area contributed by atoms with Crippen molar-refractivity contribution in [2.75, 3.05) is 4.90 Å². The van der Waals surface area contributed by atoms with Crippen LogP contribution in [-0.4, -0.2) is 4.57 Å². The van der Waals surface area contributed by atoms with Crippen LogP contribution in [0, 0.1) is 6.92 Å². The van der Waals surface area contributed by atoms with Crippen molar-refractivity contribution in [3.05, 3.63) is 260 Å². The molecule has 0 fully saturated rings. The Bertz CT molecular complexity index is 4750. The molecule has 0 N–H and O–H groups in total. The third-order valence-corrected chi connectivity index (χ3v) is 17.8. The van der Waals surface area contributed by atoms with Crippen molar-refractivity contribution in [3.63, 3.8) is 0 Å². The number of anilines is 3. The van der Waals surface area contributed by atoms with Crippen LogP contribution in [0.3, 0.4) is 0 Å². The second-order valence-electron chi connectivity index (χ2n) is 19.7. The van der Waals surface area contributed by atoms with Gasteiger partial charge >= 0.3 is 0 Å². The number of thiophene rings is 2. The first kappa shape index (κ1) is 43.5. The van der Waals surface area contributed by atoms with Crippen molar-refractivity contribution >= 4 is 130 Å². The molecule has 3 aromatic heterocycles. The molecular weight excluding hydrogens is 945 g/mol. The van der Waals surface area contributed by atoms with Gasteiger partial charge in [-0.05, 0) is 163 Å². The molecule has 2 nitrogen and oxygen atoms in total. The van der Waals surface area contributed by atoms with Gasteiger partial charge in [-0.3, -0.25) is 0 Å². The molecule has 15 aromatic rings. The van der Waals surface area contributed by atoms with Gasteiger partial charge in [0.1, 0.15) is 0 Å². The highest BCUT2D eigenvalue weighted by Gasteiger charge is 2.20. The predicted octanol–water partition coefficient (Wildman–Crippen LogP) is 21.2. The maximum Gasteiger partial charge on any atom is 0.0640 e. The van der Waals surface area contributed by atoms with Gasteiger partial charge in [0.15, 0.2) is 0 Å². The first-order chi connectivity index (χ1) is 37.0. The minimum atomic E-state index is 1.11. The van der Waals surface area contributed by atoms with E-state index in [0.717, 1.165) is 17.1 Å². The maximum atomic E-state index is 4.12. The van der Waals surface area contributed by atoms with Gasteiger partial charge < -0.3 is 9.47 Å². The van der Waals surface area contributed by atoms with Crippen LogP contribution in [0.25, 0.3) is 130 Å². The quantitative estimate of drug-likeness (QED) is 0.138. The van der Waals surface area contributed by atoms with Crippen LogP contribution in [-0.2, 0) is 0 Å². The second kappa shape index (κ2) is 17.3. The van der Waals surface area contributed by atoms with Gasteiger partial charge in [-0.25, -0.2) is 0 Å². The average molecular weight is 991 g/mol. The van der Waals surface area contributed by atoms with Crippen molar-refractivity contribution in [1.82, 2.24) is 4.57 Å². The van der Waals surface area contributed by atoms with Crippen LogP contribution in [0.5, 0.6) is 0 Å². The summed E-state index contributed by atoms with van der Waals surface area (Å²) in [5, 5.41) is 13.9. The number of para-hydroxylation sites is 1. The first-order valence-corrected chi connectivity index (χ1v) is 27.2. The molecule has 0 radical (unpaired) electrons. The number of nitrogens with zero attached hydrogens (tertiary/aromatic N) is 2. The van der Waals surface area contributed by atoms with E-state index in [9.17, 15) is 0 Å². The smallest absolute Gasteiger partial charge is 0.0640 e. The summed E-state index contributed by atoms with van der Waals surface area (Å²) in [6.07, 6.45) is 1.99. The number of rotatable bonds is 8. The highest BCUT2D eigenvalue weighted by molar-refractivity contribution is 7.26. The second-order valence-corrected chi connectivity index (χ2v) is 22.0. The summed E-state index contributed by atoms with van der Waals surface area (Å²) in [6, 6.07) is 90.1. The topological polar surface area (TPSA) is 8.17 Å². The standard InChI is InChI=1S/C71H46N2S2/c1-3-54-44(2)74-70-39-32-50(42-65(54)70)46-26-24-45(25-27-46)48-30-37-66-63(40-48)64-41-49(31-38-67(64)73(66)53-35-36-59-57-18-8-7-16-55(57)56-17-9-10-19-58(56)62(59)43-53)47-28-33-52(34-29-47)72(51-14-5-4-6-15-51)68-22-13-21-61-60-20-11-12-23-69(60)75-71(61)68/h3-43H,1H2,2H3. The fourth-order valence-corrected chi connectivity index (χ4v) is 14.2. The molecule has 0 bridgehead atoms. The van der Waals surface area contributed by atoms with Crippen molar-refractivity contribution in [3.8, 4) is 39.1 Å². The Morgan fingerprint density at radius 1 is 0.360 bits per heavy atom. The number of hydrogen-bond acceptors (Lipinski definition) is 3. The molecule has 0 saturated carbocycles. The lowest BCUT2D eigenvalue weighted by Crippen LogP contribution is -2.09. The van der Waals surface area contributed by atoms with E-state index in [1.54, 1.807) is 0 Å². The average Bonchev–Trinajstić information content (AvgIpc) is 4.18. The van der Waals surface area contributed by atoms with Gasteiger partial charge in [0.25, 0.3) is 0 Å². The molecule has 0 spiro atoms. The highest BCUT2D eigenvalue weighted by Crippen LogP contribution is 2.46. The molecule has 0 amide bonds. The molecule has 3 heterocycles. The zero-order chi connectivity index (χ0) is 49.7. The van der Waals surface area contributed by atoms with E-state index < -0.39 is 0 Å². The van der Waals surface area contributed by atoms with Crippen molar-refractivity contribution in [2.45, 2.75) is 6.92 Å². The van der Waals surface area contributed by atoms with E-state index in [2.05, 4.69) is 266 Å². The van der Waals surface area contributed by atoms with Crippen LogP contribution < -0.4 is 4.90 Å². The van der Waals surface area contributed by atoms with Gasteiger partial charge in [0.2, 0.25) is 0 Å². The number of fused-ring (bicyclic) bond motifs is 13. The molecule has 75 heavy (non-hydrogen) atoms. The van der Waals surface area contributed by atoms with Gasteiger partial charge in [-0.15, -0.1) is 22.7 Å². The Morgan fingerprint density at radius 3 is 1.47 bits per heavy atom. The number of benzene rings is 12. The number of aromatic nitrogens is 1. The van der Waals surface area contributed by atoms with E-state index >= 15 is 0 Å². The fraction of sp³-hybridized carbons (Fsp3) is 0.0141. The first-order valence-electron chi connectivity index (χ1n) is 25.6.